The van der Waals surface area contributed by atoms with Crippen molar-refractivity contribution < 1.29 is 13.6 Å². The lowest BCUT2D eigenvalue weighted by atomic mass is 9.94. The molecule has 1 aromatic heterocycles. The minimum atomic E-state index is -0.926. The molecule has 0 spiro atoms. The van der Waals surface area contributed by atoms with Crippen molar-refractivity contribution in [3.63, 3.8) is 0 Å². The molecule has 192 valence electrons. The van der Waals surface area contributed by atoms with Crippen LogP contribution in [0.25, 0.3) is 22.6 Å². The van der Waals surface area contributed by atoms with E-state index in [1.54, 1.807) is 24.3 Å². The first-order valence-electron chi connectivity index (χ1n) is 12.6. The van der Waals surface area contributed by atoms with E-state index in [9.17, 15) is 14.4 Å². The van der Waals surface area contributed by atoms with Crippen LogP contribution in [0.4, 0.5) is 4.39 Å². The van der Waals surface area contributed by atoms with Crippen molar-refractivity contribution in [1.82, 2.24) is 15.1 Å². The lowest BCUT2D eigenvalue weighted by molar-refractivity contribution is 0.0747. The van der Waals surface area contributed by atoms with Crippen molar-refractivity contribution in [3.8, 4) is 28.7 Å². The average molecular weight is 510 g/mol. The first-order chi connectivity index (χ1) is 18.3. The van der Waals surface area contributed by atoms with Crippen molar-refractivity contribution in [1.29, 1.82) is 5.26 Å². The van der Waals surface area contributed by atoms with Gasteiger partial charge in [0, 0.05) is 29.3 Å². The second-order valence-corrected chi connectivity index (χ2v) is 10.1. The fraction of sp³-hybridized carbons (Fsp3) is 0.267. The topological polar surface area (TPSA) is 109 Å². The van der Waals surface area contributed by atoms with Crippen LogP contribution in [0.1, 0.15) is 54.1 Å². The molecule has 1 amide bonds. The normalized spacial score (nSPS) is 16.7. The Morgan fingerprint density at radius 3 is 2.63 bits per heavy atom. The van der Waals surface area contributed by atoms with Gasteiger partial charge in [-0.1, -0.05) is 42.5 Å². The second kappa shape index (κ2) is 10.2. The van der Waals surface area contributed by atoms with E-state index in [1.807, 2.05) is 55.1 Å². The Bertz CT molecular complexity index is 1520. The number of hydrogen-bond donors (Lipinski definition) is 1. The fourth-order valence-electron chi connectivity index (χ4n) is 4.98. The first-order valence-corrected chi connectivity index (χ1v) is 12.6. The largest absolute Gasteiger partial charge is 0.419 e. The zero-order valence-electron chi connectivity index (χ0n) is 21.3. The number of carbonyl (C=O) groups is 1. The summed E-state index contributed by atoms with van der Waals surface area (Å²) >= 11 is 0. The minimum Gasteiger partial charge on any atom is -0.419 e. The molecule has 1 aliphatic rings. The number of nitrogens with zero attached hydrogens (tertiary/aromatic N) is 4. The molecule has 1 saturated heterocycles. The molecule has 1 aliphatic heterocycles. The van der Waals surface area contributed by atoms with Crippen molar-refractivity contribution in [2.45, 2.75) is 44.7 Å². The van der Waals surface area contributed by atoms with Gasteiger partial charge in [0.2, 0.25) is 11.8 Å². The molecule has 3 aromatic carbocycles. The molecule has 0 aliphatic carbocycles. The summed E-state index contributed by atoms with van der Waals surface area (Å²) in [5, 5.41) is 18.1. The third-order valence-electron chi connectivity index (χ3n) is 7.00. The van der Waals surface area contributed by atoms with E-state index in [0.717, 1.165) is 18.4 Å². The third-order valence-corrected chi connectivity index (χ3v) is 7.00. The monoisotopic (exact) mass is 509 g/mol. The predicted molar refractivity (Wildman–Crippen MR) is 141 cm³/mol. The molecule has 0 bridgehead atoms. The van der Waals surface area contributed by atoms with Gasteiger partial charge in [0.25, 0.3) is 5.91 Å². The van der Waals surface area contributed by atoms with Gasteiger partial charge in [-0.05, 0) is 68.5 Å². The van der Waals surface area contributed by atoms with Crippen molar-refractivity contribution in [2.24, 2.45) is 5.73 Å². The summed E-state index contributed by atoms with van der Waals surface area (Å²) in [5.74, 6) is -0.326. The maximum atomic E-state index is 14.5. The molecule has 5 rings (SSSR count). The molecular formula is C30H28FN5O2. The predicted octanol–water partition coefficient (Wildman–Crippen LogP) is 5.46. The molecule has 0 saturated carbocycles. The molecule has 2 heterocycles. The number of halogens is 1. The summed E-state index contributed by atoms with van der Waals surface area (Å²) in [5.41, 5.74) is 8.36. The third kappa shape index (κ3) is 4.93. The molecule has 4 aromatic rings. The Hall–Kier alpha value is -4.35. The summed E-state index contributed by atoms with van der Waals surface area (Å²) in [6.07, 6.45) is 2.36. The van der Waals surface area contributed by atoms with Gasteiger partial charge in [0.1, 0.15) is 11.9 Å². The van der Waals surface area contributed by atoms with Crippen molar-refractivity contribution >= 4 is 5.91 Å². The Kier molecular flexibility index (Phi) is 6.79. The summed E-state index contributed by atoms with van der Waals surface area (Å²) < 4.78 is 20.5. The van der Waals surface area contributed by atoms with Crippen LogP contribution >= 0.6 is 0 Å². The van der Waals surface area contributed by atoms with Crippen LogP contribution in [0.3, 0.4) is 0 Å². The first kappa shape index (κ1) is 25.3. The van der Waals surface area contributed by atoms with E-state index in [4.69, 9.17) is 10.2 Å². The van der Waals surface area contributed by atoms with E-state index in [1.165, 1.54) is 12.1 Å². The number of amides is 1. The summed E-state index contributed by atoms with van der Waals surface area (Å²) in [4.78, 5) is 15.3. The highest BCUT2D eigenvalue weighted by Gasteiger charge is 2.30. The lowest BCUT2D eigenvalue weighted by Crippen LogP contribution is -2.35. The van der Waals surface area contributed by atoms with E-state index >= 15 is 0 Å². The highest BCUT2D eigenvalue weighted by atomic mass is 19.1. The van der Waals surface area contributed by atoms with Crippen LogP contribution in [0.2, 0.25) is 0 Å². The molecule has 7 nitrogen and oxygen atoms in total. The van der Waals surface area contributed by atoms with E-state index in [2.05, 4.69) is 10.2 Å². The number of benzene rings is 3. The molecule has 8 heteroatoms. The summed E-state index contributed by atoms with van der Waals surface area (Å²) in [6.45, 7) is 4.51. The second-order valence-electron chi connectivity index (χ2n) is 10.1. The van der Waals surface area contributed by atoms with Crippen LogP contribution in [0.15, 0.2) is 71.1 Å². The van der Waals surface area contributed by atoms with Crippen LogP contribution < -0.4 is 5.73 Å². The van der Waals surface area contributed by atoms with Gasteiger partial charge < -0.3 is 15.1 Å². The summed E-state index contributed by atoms with van der Waals surface area (Å²) in [7, 11) is 0. The smallest absolute Gasteiger partial charge is 0.254 e. The number of likely N-dealkylation sites (tertiary alicyclic amines) is 1. The molecule has 2 atom stereocenters. The Balaban J connectivity index is 1.58. The van der Waals surface area contributed by atoms with Gasteiger partial charge in [-0.15, -0.1) is 10.2 Å². The number of rotatable bonds is 6. The van der Waals surface area contributed by atoms with Crippen LogP contribution in [0, 0.1) is 17.1 Å². The van der Waals surface area contributed by atoms with E-state index < -0.39 is 11.4 Å². The zero-order valence-corrected chi connectivity index (χ0v) is 21.3. The SMILES string of the molecule is CC1CCCN1C(=O)c1cc(-c2nnc([C@](C)(N)Cc3ccccc3)o2)cc(-c2cccc(F)c2C#N)c1. The maximum absolute atomic E-state index is 14.5. The fourth-order valence-corrected chi connectivity index (χ4v) is 4.98. The van der Waals surface area contributed by atoms with Crippen LogP contribution in [-0.4, -0.2) is 33.6 Å². The van der Waals surface area contributed by atoms with E-state index in [-0.39, 0.29) is 29.3 Å². The standard InChI is InChI=1S/C30H28FN5O2/c1-19-8-7-13-36(19)28(37)23-15-21(24-11-6-12-26(31)25(24)18-32)14-22(16-23)27-34-35-29(38-27)30(2,33)17-20-9-4-3-5-10-20/h3-6,9-12,14-16,19H,7-8,13,17,33H2,1-2H3/t19?,30-/m1/s1. The average Bonchev–Trinajstić information content (AvgIpc) is 3.58. The van der Waals surface area contributed by atoms with Gasteiger partial charge in [-0.25, -0.2) is 4.39 Å². The molecule has 2 N–H and O–H groups in total. The Labute approximate surface area is 220 Å². The van der Waals surface area contributed by atoms with E-state index in [0.29, 0.717) is 35.2 Å². The highest BCUT2D eigenvalue weighted by molar-refractivity contribution is 5.97. The summed E-state index contributed by atoms with van der Waals surface area (Å²) in [6, 6.07) is 21.4. The van der Waals surface area contributed by atoms with Gasteiger partial charge >= 0.3 is 0 Å². The number of aromatic nitrogens is 2. The number of nitrogens with two attached hydrogens (primary N) is 1. The van der Waals surface area contributed by atoms with Gasteiger partial charge in [-0.2, -0.15) is 5.26 Å². The zero-order chi connectivity index (χ0) is 26.9. The number of carbonyl (C=O) groups excluding carboxylic acids is 1. The van der Waals surface area contributed by atoms with Crippen molar-refractivity contribution in [2.75, 3.05) is 6.54 Å². The van der Waals surface area contributed by atoms with Crippen LogP contribution in [-0.2, 0) is 12.0 Å². The van der Waals surface area contributed by atoms with Crippen LogP contribution in [0.5, 0.6) is 0 Å². The molecule has 38 heavy (non-hydrogen) atoms. The number of hydrogen-bond acceptors (Lipinski definition) is 6. The Morgan fingerprint density at radius 1 is 1.16 bits per heavy atom. The maximum Gasteiger partial charge on any atom is 0.254 e. The number of nitriles is 1. The van der Waals surface area contributed by atoms with Crippen molar-refractivity contribution in [3.05, 3.63) is 95.1 Å². The molecule has 0 radical (unpaired) electrons. The lowest BCUT2D eigenvalue weighted by Gasteiger charge is -2.22. The quantitative estimate of drug-likeness (QED) is 0.370. The molecule has 1 unspecified atom stereocenters. The highest BCUT2D eigenvalue weighted by Crippen LogP contribution is 2.33. The Morgan fingerprint density at radius 2 is 1.92 bits per heavy atom. The van der Waals surface area contributed by atoms with Gasteiger partial charge in [0.15, 0.2) is 0 Å². The molecular weight excluding hydrogens is 481 g/mol. The van der Waals surface area contributed by atoms with Gasteiger partial charge in [0.05, 0.1) is 11.1 Å². The van der Waals surface area contributed by atoms with Gasteiger partial charge in [-0.3, -0.25) is 4.79 Å². The molecule has 1 fully saturated rings. The minimum absolute atomic E-state index is 0.0961.